The van der Waals surface area contributed by atoms with Crippen molar-refractivity contribution in [3.05, 3.63) is 23.9 Å². The van der Waals surface area contributed by atoms with Crippen LogP contribution in [0.15, 0.2) is 18.3 Å². The van der Waals surface area contributed by atoms with E-state index < -0.39 is 0 Å². The van der Waals surface area contributed by atoms with Crippen LogP contribution in [0.3, 0.4) is 0 Å². The van der Waals surface area contributed by atoms with Gasteiger partial charge < -0.3 is 9.80 Å². The van der Waals surface area contributed by atoms with E-state index in [1.807, 2.05) is 17.2 Å². The molecular weight excluding hydrogens is 238 g/mol. The van der Waals surface area contributed by atoms with E-state index >= 15 is 0 Å². The third-order valence-electron chi connectivity index (χ3n) is 4.24. The molecule has 0 radical (unpaired) electrons. The summed E-state index contributed by atoms with van der Waals surface area (Å²) in [5, 5.41) is 0. The van der Waals surface area contributed by atoms with Gasteiger partial charge in [-0.15, -0.1) is 0 Å². The number of carbonyl (C=O) groups excluding carboxylic acids is 1. The molecule has 0 aromatic carbocycles. The van der Waals surface area contributed by atoms with E-state index in [-0.39, 0.29) is 11.9 Å². The lowest BCUT2D eigenvalue weighted by molar-refractivity contribution is -0.129. The maximum absolute atomic E-state index is 11.8. The zero-order valence-electron chi connectivity index (χ0n) is 11.5. The van der Waals surface area contributed by atoms with Gasteiger partial charge >= 0.3 is 0 Å². The van der Waals surface area contributed by atoms with Gasteiger partial charge in [0.1, 0.15) is 5.82 Å². The Balaban J connectivity index is 1.93. The van der Waals surface area contributed by atoms with Crippen LogP contribution in [0.5, 0.6) is 0 Å². The smallest absolute Gasteiger partial charge is 0.219 e. The Morgan fingerprint density at radius 1 is 1.26 bits per heavy atom. The lowest BCUT2D eigenvalue weighted by atomic mass is 10.0. The first-order valence-electron chi connectivity index (χ1n) is 7.24. The standard InChI is InChI=1S/C15H21N3O/c1-12(19)18-11-5-7-14(18)13-6-4-8-16-15(13)17-9-2-3-10-17/h4,6,8,14H,2-3,5,7,9-11H2,1H3. The number of nitrogens with zero attached hydrogens (tertiary/aromatic N) is 3. The molecule has 1 amide bonds. The number of hydrogen-bond acceptors (Lipinski definition) is 3. The molecule has 2 fully saturated rings. The van der Waals surface area contributed by atoms with E-state index in [1.54, 1.807) is 6.92 Å². The van der Waals surface area contributed by atoms with Crippen LogP contribution in [0.2, 0.25) is 0 Å². The molecule has 0 aliphatic carbocycles. The van der Waals surface area contributed by atoms with Gasteiger partial charge in [0.15, 0.2) is 0 Å². The van der Waals surface area contributed by atoms with Gasteiger partial charge in [-0.2, -0.15) is 0 Å². The highest BCUT2D eigenvalue weighted by Crippen LogP contribution is 2.37. The molecule has 102 valence electrons. The fourth-order valence-corrected chi connectivity index (χ4v) is 3.33. The van der Waals surface area contributed by atoms with Crippen molar-refractivity contribution in [1.82, 2.24) is 9.88 Å². The lowest BCUT2D eigenvalue weighted by Gasteiger charge is -2.28. The summed E-state index contributed by atoms with van der Waals surface area (Å²) in [7, 11) is 0. The van der Waals surface area contributed by atoms with Gasteiger partial charge in [0.05, 0.1) is 6.04 Å². The lowest BCUT2D eigenvalue weighted by Crippen LogP contribution is -2.30. The van der Waals surface area contributed by atoms with Crippen molar-refractivity contribution in [2.75, 3.05) is 24.5 Å². The predicted molar refractivity (Wildman–Crippen MR) is 75.0 cm³/mol. The molecule has 1 aromatic heterocycles. The van der Waals surface area contributed by atoms with Crippen molar-refractivity contribution in [1.29, 1.82) is 0 Å². The van der Waals surface area contributed by atoms with E-state index in [9.17, 15) is 4.79 Å². The largest absolute Gasteiger partial charge is 0.356 e. The molecule has 2 aliphatic rings. The average Bonchev–Trinajstić information content (AvgIpc) is 3.10. The van der Waals surface area contributed by atoms with Gasteiger partial charge in [0.25, 0.3) is 0 Å². The van der Waals surface area contributed by atoms with Gasteiger partial charge in [0, 0.05) is 38.3 Å². The van der Waals surface area contributed by atoms with Crippen molar-refractivity contribution in [3.8, 4) is 0 Å². The van der Waals surface area contributed by atoms with Crippen molar-refractivity contribution in [3.63, 3.8) is 0 Å². The van der Waals surface area contributed by atoms with Gasteiger partial charge in [-0.3, -0.25) is 4.79 Å². The summed E-state index contributed by atoms with van der Waals surface area (Å²) in [6.45, 7) is 4.74. The highest BCUT2D eigenvalue weighted by molar-refractivity contribution is 5.74. The number of anilines is 1. The molecule has 19 heavy (non-hydrogen) atoms. The first-order chi connectivity index (χ1) is 9.27. The Hall–Kier alpha value is -1.58. The second kappa shape index (κ2) is 5.19. The zero-order chi connectivity index (χ0) is 13.2. The van der Waals surface area contributed by atoms with Gasteiger partial charge in [-0.05, 0) is 31.7 Å². The highest BCUT2D eigenvalue weighted by atomic mass is 16.2. The molecule has 0 spiro atoms. The van der Waals surface area contributed by atoms with Crippen LogP contribution in [0, 0.1) is 0 Å². The Labute approximate surface area is 114 Å². The molecule has 0 saturated carbocycles. The molecule has 0 N–H and O–H groups in total. The Kier molecular flexibility index (Phi) is 3.40. The molecule has 3 rings (SSSR count). The summed E-state index contributed by atoms with van der Waals surface area (Å²) in [5.74, 6) is 1.27. The number of hydrogen-bond donors (Lipinski definition) is 0. The van der Waals surface area contributed by atoms with Crippen LogP contribution in [0.1, 0.15) is 44.2 Å². The average molecular weight is 259 g/mol. The molecule has 1 aromatic rings. The molecule has 2 saturated heterocycles. The van der Waals surface area contributed by atoms with Crippen LogP contribution in [0.25, 0.3) is 0 Å². The van der Waals surface area contributed by atoms with E-state index in [2.05, 4.69) is 16.0 Å². The van der Waals surface area contributed by atoms with Gasteiger partial charge in [0.2, 0.25) is 5.91 Å². The maximum Gasteiger partial charge on any atom is 0.219 e. The predicted octanol–water partition coefficient (Wildman–Crippen LogP) is 2.37. The molecule has 3 heterocycles. The minimum Gasteiger partial charge on any atom is -0.356 e. The highest BCUT2D eigenvalue weighted by Gasteiger charge is 2.31. The summed E-state index contributed by atoms with van der Waals surface area (Å²) in [6.07, 6.45) is 6.52. The number of aromatic nitrogens is 1. The Morgan fingerprint density at radius 3 is 2.79 bits per heavy atom. The molecule has 4 heteroatoms. The van der Waals surface area contributed by atoms with Crippen molar-refractivity contribution in [2.45, 2.75) is 38.6 Å². The number of pyridine rings is 1. The maximum atomic E-state index is 11.8. The van der Waals surface area contributed by atoms with E-state index in [4.69, 9.17) is 0 Å². The zero-order valence-corrected chi connectivity index (χ0v) is 11.5. The fraction of sp³-hybridized carbons (Fsp3) is 0.600. The van der Waals surface area contributed by atoms with Gasteiger partial charge in [-0.1, -0.05) is 6.07 Å². The SMILES string of the molecule is CC(=O)N1CCCC1c1cccnc1N1CCCC1. The molecule has 0 bridgehead atoms. The summed E-state index contributed by atoms with van der Waals surface area (Å²) < 4.78 is 0. The van der Waals surface area contributed by atoms with Crippen molar-refractivity contribution >= 4 is 11.7 Å². The van der Waals surface area contributed by atoms with E-state index in [0.717, 1.165) is 38.3 Å². The second-order valence-corrected chi connectivity index (χ2v) is 5.48. The van der Waals surface area contributed by atoms with Crippen LogP contribution in [-0.2, 0) is 4.79 Å². The Bertz CT molecular complexity index is 468. The van der Waals surface area contributed by atoms with Gasteiger partial charge in [-0.25, -0.2) is 4.98 Å². The number of carbonyl (C=O) groups is 1. The molecule has 1 unspecified atom stereocenters. The van der Waals surface area contributed by atoms with Crippen molar-refractivity contribution < 1.29 is 4.79 Å². The third-order valence-corrected chi connectivity index (χ3v) is 4.24. The number of rotatable bonds is 2. The minimum absolute atomic E-state index is 0.179. The fourth-order valence-electron chi connectivity index (χ4n) is 3.33. The van der Waals surface area contributed by atoms with Crippen molar-refractivity contribution in [2.24, 2.45) is 0 Å². The summed E-state index contributed by atoms with van der Waals surface area (Å²) in [4.78, 5) is 20.7. The first-order valence-corrected chi connectivity index (χ1v) is 7.24. The van der Waals surface area contributed by atoms with Crippen LogP contribution < -0.4 is 4.90 Å². The molecule has 1 atom stereocenters. The normalized spacial score (nSPS) is 23.1. The van der Waals surface area contributed by atoms with E-state index in [1.165, 1.54) is 18.4 Å². The second-order valence-electron chi connectivity index (χ2n) is 5.48. The number of amides is 1. The monoisotopic (exact) mass is 259 g/mol. The first kappa shape index (κ1) is 12.5. The molecule has 4 nitrogen and oxygen atoms in total. The van der Waals surface area contributed by atoms with E-state index in [0.29, 0.717) is 0 Å². The summed E-state index contributed by atoms with van der Waals surface area (Å²) in [6, 6.07) is 4.36. The topological polar surface area (TPSA) is 36.4 Å². The molecular formula is C15H21N3O. The van der Waals surface area contributed by atoms with Crippen LogP contribution >= 0.6 is 0 Å². The number of likely N-dealkylation sites (tertiary alicyclic amines) is 1. The van der Waals surface area contributed by atoms with Crippen LogP contribution in [0.4, 0.5) is 5.82 Å². The summed E-state index contributed by atoms with van der Waals surface area (Å²) >= 11 is 0. The Morgan fingerprint density at radius 2 is 2.05 bits per heavy atom. The molecule has 2 aliphatic heterocycles. The third kappa shape index (κ3) is 2.31. The minimum atomic E-state index is 0.179. The van der Waals surface area contributed by atoms with Crippen LogP contribution in [-0.4, -0.2) is 35.4 Å². The quantitative estimate of drug-likeness (QED) is 0.818. The summed E-state index contributed by atoms with van der Waals surface area (Å²) in [5.41, 5.74) is 1.23.